The Morgan fingerprint density at radius 2 is 1.69 bits per heavy atom. The summed E-state index contributed by atoms with van der Waals surface area (Å²) in [6.07, 6.45) is 1.50. The van der Waals surface area contributed by atoms with Gasteiger partial charge in [0.25, 0.3) is 5.56 Å². The van der Waals surface area contributed by atoms with Crippen LogP contribution in [-0.2, 0) is 7.05 Å². The molecule has 0 radical (unpaired) electrons. The van der Waals surface area contributed by atoms with Crippen molar-refractivity contribution in [2.24, 2.45) is 12.1 Å². The molecule has 3 aromatic rings. The maximum atomic E-state index is 12.8. The monoisotopic (exact) mass is 365 g/mol. The molecule has 1 aromatic heterocycles. The summed E-state index contributed by atoms with van der Waals surface area (Å²) in [5.74, 6) is 0. The van der Waals surface area contributed by atoms with Crippen molar-refractivity contribution in [3.05, 3.63) is 82.3 Å². The standard InChI is InChI=1S/C19H19N5OS/c1-14-17(13-20-22-19(26)21-15-9-5-3-6-10-15)18(25)24(23(14)2)16-11-7-4-8-12-16/h3-13H,1-2H3,(H2,21,22,26)/b20-13-. The maximum Gasteiger partial charge on any atom is 0.280 e. The number of anilines is 1. The van der Waals surface area contributed by atoms with Gasteiger partial charge in [-0.3, -0.25) is 14.9 Å². The number of aromatic nitrogens is 2. The number of para-hydroxylation sites is 2. The molecule has 0 saturated heterocycles. The van der Waals surface area contributed by atoms with Crippen molar-refractivity contribution in [2.75, 3.05) is 5.32 Å². The first-order valence-corrected chi connectivity index (χ1v) is 8.48. The van der Waals surface area contributed by atoms with E-state index in [4.69, 9.17) is 12.2 Å². The van der Waals surface area contributed by atoms with Gasteiger partial charge in [-0.25, -0.2) is 4.68 Å². The van der Waals surface area contributed by atoms with Crippen LogP contribution in [0.4, 0.5) is 5.69 Å². The number of hydrogen-bond donors (Lipinski definition) is 2. The summed E-state index contributed by atoms with van der Waals surface area (Å²) in [6.45, 7) is 1.88. The number of nitrogens with one attached hydrogen (secondary N) is 2. The van der Waals surface area contributed by atoms with E-state index in [-0.39, 0.29) is 5.56 Å². The number of rotatable bonds is 4. The molecule has 0 aliphatic carbocycles. The van der Waals surface area contributed by atoms with Gasteiger partial charge in [0.15, 0.2) is 5.11 Å². The Kier molecular flexibility index (Phi) is 5.28. The third kappa shape index (κ3) is 3.73. The SMILES string of the molecule is Cc1c(/C=N\NC(=S)Nc2ccccc2)c(=O)n(-c2ccccc2)n1C. The number of thiocarbonyl (C=S) groups is 1. The average molecular weight is 365 g/mol. The molecule has 0 aliphatic rings. The van der Waals surface area contributed by atoms with Gasteiger partial charge in [0.2, 0.25) is 0 Å². The van der Waals surface area contributed by atoms with E-state index < -0.39 is 0 Å². The minimum atomic E-state index is -0.135. The van der Waals surface area contributed by atoms with E-state index >= 15 is 0 Å². The summed E-state index contributed by atoms with van der Waals surface area (Å²) in [4.78, 5) is 12.8. The predicted octanol–water partition coefficient (Wildman–Crippen LogP) is 2.80. The Balaban J connectivity index is 1.77. The first-order valence-electron chi connectivity index (χ1n) is 8.07. The third-order valence-corrected chi connectivity index (χ3v) is 4.18. The van der Waals surface area contributed by atoms with Crippen molar-refractivity contribution in [3.8, 4) is 5.69 Å². The second-order valence-corrected chi connectivity index (χ2v) is 6.07. The Morgan fingerprint density at radius 1 is 1.08 bits per heavy atom. The van der Waals surface area contributed by atoms with Gasteiger partial charge in [-0.2, -0.15) is 5.10 Å². The third-order valence-electron chi connectivity index (χ3n) is 3.99. The molecule has 132 valence electrons. The summed E-state index contributed by atoms with van der Waals surface area (Å²) in [5.41, 5.74) is 5.58. The first kappa shape index (κ1) is 17.6. The zero-order chi connectivity index (χ0) is 18.5. The molecule has 6 nitrogen and oxygen atoms in total. The van der Waals surface area contributed by atoms with Crippen molar-refractivity contribution in [3.63, 3.8) is 0 Å². The van der Waals surface area contributed by atoms with Gasteiger partial charge in [-0.1, -0.05) is 36.4 Å². The topological polar surface area (TPSA) is 63.4 Å². The molecule has 0 atom stereocenters. The van der Waals surface area contributed by atoms with Crippen LogP contribution in [-0.4, -0.2) is 20.7 Å². The lowest BCUT2D eigenvalue weighted by Crippen LogP contribution is -2.24. The van der Waals surface area contributed by atoms with Gasteiger partial charge in [-0.05, 0) is 43.4 Å². The van der Waals surface area contributed by atoms with Gasteiger partial charge < -0.3 is 5.32 Å². The second-order valence-electron chi connectivity index (χ2n) is 5.67. The Hall–Kier alpha value is -3.19. The Labute approximate surface area is 156 Å². The fourth-order valence-electron chi connectivity index (χ4n) is 2.57. The largest absolute Gasteiger partial charge is 0.331 e. The molecular weight excluding hydrogens is 346 g/mol. The van der Waals surface area contributed by atoms with E-state index in [0.29, 0.717) is 10.7 Å². The van der Waals surface area contributed by atoms with Gasteiger partial charge >= 0.3 is 0 Å². The fraction of sp³-hybridized carbons (Fsp3) is 0.105. The highest BCUT2D eigenvalue weighted by Gasteiger charge is 2.14. The fourth-order valence-corrected chi connectivity index (χ4v) is 2.74. The van der Waals surface area contributed by atoms with E-state index in [1.54, 1.807) is 9.36 Å². The van der Waals surface area contributed by atoms with Crippen LogP contribution < -0.4 is 16.3 Å². The molecule has 1 heterocycles. The first-order chi connectivity index (χ1) is 12.6. The smallest absolute Gasteiger partial charge is 0.280 e. The van der Waals surface area contributed by atoms with E-state index in [1.165, 1.54) is 6.21 Å². The Bertz CT molecular complexity index is 990. The predicted molar refractivity (Wildman–Crippen MR) is 109 cm³/mol. The van der Waals surface area contributed by atoms with E-state index in [1.807, 2.05) is 74.6 Å². The quantitative estimate of drug-likeness (QED) is 0.424. The van der Waals surface area contributed by atoms with Gasteiger partial charge in [0.1, 0.15) is 0 Å². The van der Waals surface area contributed by atoms with Crippen molar-refractivity contribution >= 4 is 29.2 Å². The van der Waals surface area contributed by atoms with Crippen LogP contribution in [0.3, 0.4) is 0 Å². The molecule has 2 aromatic carbocycles. The number of benzene rings is 2. The van der Waals surface area contributed by atoms with Crippen LogP contribution in [0, 0.1) is 6.92 Å². The van der Waals surface area contributed by atoms with Crippen LogP contribution in [0.25, 0.3) is 5.69 Å². The summed E-state index contributed by atoms with van der Waals surface area (Å²) >= 11 is 5.20. The molecule has 26 heavy (non-hydrogen) atoms. The van der Waals surface area contributed by atoms with Crippen molar-refractivity contribution in [2.45, 2.75) is 6.92 Å². The van der Waals surface area contributed by atoms with Crippen LogP contribution in [0.5, 0.6) is 0 Å². The normalized spacial score (nSPS) is 10.8. The van der Waals surface area contributed by atoms with E-state index in [2.05, 4.69) is 15.8 Å². The summed E-state index contributed by atoms with van der Waals surface area (Å²) in [7, 11) is 1.84. The molecule has 0 fully saturated rings. The van der Waals surface area contributed by atoms with Gasteiger partial charge in [0, 0.05) is 18.4 Å². The molecule has 0 unspecified atom stereocenters. The van der Waals surface area contributed by atoms with Crippen molar-refractivity contribution in [1.29, 1.82) is 0 Å². The molecule has 7 heteroatoms. The molecule has 0 saturated carbocycles. The molecule has 0 aliphatic heterocycles. The molecule has 0 bridgehead atoms. The Morgan fingerprint density at radius 3 is 2.35 bits per heavy atom. The van der Waals surface area contributed by atoms with Crippen LogP contribution in [0.1, 0.15) is 11.3 Å². The van der Waals surface area contributed by atoms with Crippen LogP contribution in [0.2, 0.25) is 0 Å². The van der Waals surface area contributed by atoms with Gasteiger partial charge in [0.05, 0.1) is 17.5 Å². The van der Waals surface area contributed by atoms with E-state index in [9.17, 15) is 4.79 Å². The second kappa shape index (κ2) is 7.79. The number of hydrogen-bond acceptors (Lipinski definition) is 3. The number of hydrazone groups is 1. The highest BCUT2D eigenvalue weighted by molar-refractivity contribution is 7.80. The van der Waals surface area contributed by atoms with Crippen molar-refractivity contribution < 1.29 is 0 Å². The molecule has 0 amide bonds. The van der Waals surface area contributed by atoms with Crippen LogP contribution in [0.15, 0.2) is 70.6 Å². The molecule has 2 N–H and O–H groups in total. The number of nitrogens with zero attached hydrogens (tertiary/aromatic N) is 3. The molecule has 3 rings (SSSR count). The minimum absolute atomic E-state index is 0.135. The lowest BCUT2D eigenvalue weighted by atomic mass is 10.3. The van der Waals surface area contributed by atoms with Crippen molar-refractivity contribution in [1.82, 2.24) is 14.8 Å². The lowest BCUT2D eigenvalue weighted by molar-refractivity contribution is 0.630. The zero-order valence-corrected chi connectivity index (χ0v) is 15.3. The zero-order valence-electron chi connectivity index (χ0n) is 14.5. The molecule has 0 spiro atoms. The lowest BCUT2D eigenvalue weighted by Gasteiger charge is -2.07. The highest BCUT2D eigenvalue weighted by atomic mass is 32.1. The van der Waals surface area contributed by atoms with Gasteiger partial charge in [-0.15, -0.1) is 0 Å². The van der Waals surface area contributed by atoms with Crippen LogP contribution >= 0.6 is 12.2 Å². The maximum absolute atomic E-state index is 12.8. The van der Waals surface area contributed by atoms with E-state index in [0.717, 1.165) is 17.1 Å². The minimum Gasteiger partial charge on any atom is -0.331 e. The average Bonchev–Trinajstić information content (AvgIpc) is 2.86. The summed E-state index contributed by atoms with van der Waals surface area (Å²) in [5, 5.41) is 7.47. The highest BCUT2D eigenvalue weighted by Crippen LogP contribution is 2.08. The molecular formula is C19H19N5OS. The summed E-state index contributed by atoms with van der Waals surface area (Å²) in [6, 6.07) is 19.0. The summed E-state index contributed by atoms with van der Waals surface area (Å²) < 4.78 is 3.41.